The number of fused-ring (bicyclic) bond motifs is 1. The van der Waals surface area contributed by atoms with Crippen molar-refractivity contribution in [3.63, 3.8) is 0 Å². The molecule has 0 bridgehead atoms. The van der Waals surface area contributed by atoms with Crippen LogP contribution in [0.25, 0.3) is 0 Å². The molecule has 0 spiro atoms. The summed E-state index contributed by atoms with van der Waals surface area (Å²) in [4.78, 5) is 31.1. The van der Waals surface area contributed by atoms with Crippen LogP contribution in [-0.4, -0.2) is 16.8 Å². The van der Waals surface area contributed by atoms with Crippen LogP contribution in [0, 0.1) is 6.92 Å². The molecule has 0 fully saturated rings. The second kappa shape index (κ2) is 8.57. The van der Waals surface area contributed by atoms with Crippen molar-refractivity contribution in [2.75, 3.05) is 10.6 Å². The molecular formula is C23H23N3O2S. The second-order valence-electron chi connectivity index (χ2n) is 7.28. The fourth-order valence-corrected chi connectivity index (χ4v) is 4.86. The normalized spacial score (nSPS) is 13.3. The number of thiophene rings is 1. The van der Waals surface area contributed by atoms with Crippen molar-refractivity contribution >= 4 is 33.8 Å². The summed E-state index contributed by atoms with van der Waals surface area (Å²) in [6.07, 6.45) is 8.31. The Bertz CT molecular complexity index is 1030. The maximum absolute atomic E-state index is 13.2. The molecule has 0 saturated carbocycles. The van der Waals surface area contributed by atoms with Gasteiger partial charge in [-0.05, 0) is 62.4 Å². The van der Waals surface area contributed by atoms with Crippen molar-refractivity contribution in [1.29, 1.82) is 0 Å². The summed E-state index contributed by atoms with van der Waals surface area (Å²) in [6.45, 7) is 2.01. The number of carbonyl (C=O) groups is 2. The van der Waals surface area contributed by atoms with Gasteiger partial charge in [0.05, 0.1) is 11.1 Å². The van der Waals surface area contributed by atoms with E-state index in [4.69, 9.17) is 0 Å². The Kier molecular flexibility index (Phi) is 5.71. The van der Waals surface area contributed by atoms with Crippen LogP contribution in [0.1, 0.15) is 56.0 Å². The number of hydrogen-bond donors (Lipinski definition) is 2. The highest BCUT2D eigenvalue weighted by atomic mass is 32.1. The molecule has 6 heteroatoms. The molecule has 5 nitrogen and oxygen atoms in total. The Morgan fingerprint density at radius 1 is 0.966 bits per heavy atom. The van der Waals surface area contributed by atoms with Gasteiger partial charge in [-0.3, -0.25) is 14.6 Å². The molecular weight excluding hydrogens is 382 g/mol. The quantitative estimate of drug-likeness (QED) is 0.584. The van der Waals surface area contributed by atoms with Crippen molar-refractivity contribution < 1.29 is 9.59 Å². The Labute approximate surface area is 174 Å². The lowest BCUT2D eigenvalue weighted by molar-refractivity contribution is 0.102. The van der Waals surface area contributed by atoms with Gasteiger partial charge in [0.25, 0.3) is 11.8 Å². The third-order valence-corrected chi connectivity index (χ3v) is 6.32. The van der Waals surface area contributed by atoms with Crippen molar-refractivity contribution in [2.24, 2.45) is 0 Å². The van der Waals surface area contributed by atoms with Crippen LogP contribution < -0.4 is 10.6 Å². The third kappa shape index (κ3) is 4.38. The van der Waals surface area contributed by atoms with E-state index in [9.17, 15) is 9.59 Å². The largest absolute Gasteiger partial charge is 0.322 e. The molecule has 148 valence electrons. The highest BCUT2D eigenvalue weighted by molar-refractivity contribution is 7.17. The molecule has 0 aliphatic heterocycles. The average Bonchev–Trinajstić information content (AvgIpc) is 2.90. The number of benzene rings is 1. The van der Waals surface area contributed by atoms with Crippen LogP contribution in [-0.2, 0) is 12.8 Å². The van der Waals surface area contributed by atoms with Crippen LogP contribution in [0.2, 0.25) is 0 Å². The SMILES string of the molecule is Cc1ccc(NC(=O)c2c(NC(=O)c3cccnc3)sc3c2CCCCC3)cc1. The first-order valence-electron chi connectivity index (χ1n) is 9.86. The molecule has 3 aromatic rings. The molecule has 0 unspecified atom stereocenters. The molecule has 1 aliphatic carbocycles. The number of aryl methyl sites for hydroxylation is 2. The summed E-state index contributed by atoms with van der Waals surface area (Å²) in [5, 5.41) is 6.58. The number of carbonyl (C=O) groups excluding carboxylic acids is 2. The van der Waals surface area contributed by atoms with Gasteiger partial charge in [0, 0.05) is 23.0 Å². The van der Waals surface area contributed by atoms with Crippen molar-refractivity contribution in [3.05, 3.63) is 75.9 Å². The van der Waals surface area contributed by atoms with E-state index in [-0.39, 0.29) is 11.8 Å². The zero-order chi connectivity index (χ0) is 20.2. The molecule has 29 heavy (non-hydrogen) atoms. The number of amides is 2. The first-order chi connectivity index (χ1) is 14.1. The maximum Gasteiger partial charge on any atom is 0.258 e. The summed E-state index contributed by atoms with van der Waals surface area (Å²) < 4.78 is 0. The lowest BCUT2D eigenvalue weighted by atomic mass is 10.0. The van der Waals surface area contributed by atoms with E-state index in [1.165, 1.54) is 22.4 Å². The third-order valence-electron chi connectivity index (χ3n) is 5.11. The molecule has 2 heterocycles. The minimum atomic E-state index is -0.251. The molecule has 1 aromatic carbocycles. The predicted molar refractivity (Wildman–Crippen MR) is 117 cm³/mol. The van der Waals surface area contributed by atoms with Gasteiger partial charge >= 0.3 is 0 Å². The summed E-state index contributed by atoms with van der Waals surface area (Å²) in [7, 11) is 0. The molecule has 0 saturated heterocycles. The zero-order valence-corrected chi connectivity index (χ0v) is 17.1. The number of nitrogens with zero attached hydrogens (tertiary/aromatic N) is 1. The zero-order valence-electron chi connectivity index (χ0n) is 16.3. The summed E-state index contributed by atoms with van der Waals surface area (Å²) in [5.41, 5.74) is 4.04. The number of hydrogen-bond acceptors (Lipinski definition) is 4. The molecule has 4 rings (SSSR count). The monoisotopic (exact) mass is 405 g/mol. The molecule has 0 atom stereocenters. The van der Waals surface area contributed by atoms with E-state index in [0.717, 1.165) is 48.9 Å². The van der Waals surface area contributed by atoms with E-state index in [2.05, 4.69) is 15.6 Å². The molecule has 2 aromatic heterocycles. The Balaban J connectivity index is 1.66. The minimum Gasteiger partial charge on any atom is -0.322 e. The van der Waals surface area contributed by atoms with Gasteiger partial charge < -0.3 is 10.6 Å². The summed E-state index contributed by atoms with van der Waals surface area (Å²) in [5.74, 6) is -0.423. The number of pyridine rings is 1. The Morgan fingerprint density at radius 2 is 1.76 bits per heavy atom. The van der Waals surface area contributed by atoms with Gasteiger partial charge in [0.15, 0.2) is 0 Å². The molecule has 2 N–H and O–H groups in total. The highest BCUT2D eigenvalue weighted by Crippen LogP contribution is 2.38. The van der Waals surface area contributed by atoms with Gasteiger partial charge in [0.2, 0.25) is 0 Å². The predicted octanol–water partition coefficient (Wildman–Crippen LogP) is 5.23. The van der Waals surface area contributed by atoms with E-state index in [1.807, 2.05) is 31.2 Å². The van der Waals surface area contributed by atoms with Crippen LogP contribution in [0.4, 0.5) is 10.7 Å². The van der Waals surface area contributed by atoms with Crippen molar-refractivity contribution in [3.8, 4) is 0 Å². The lowest BCUT2D eigenvalue weighted by Gasteiger charge is -2.10. The molecule has 1 aliphatic rings. The van der Waals surface area contributed by atoms with E-state index in [1.54, 1.807) is 18.3 Å². The highest BCUT2D eigenvalue weighted by Gasteiger charge is 2.26. The Morgan fingerprint density at radius 3 is 2.52 bits per heavy atom. The van der Waals surface area contributed by atoms with Crippen molar-refractivity contribution in [2.45, 2.75) is 39.0 Å². The van der Waals surface area contributed by atoms with Crippen molar-refractivity contribution in [1.82, 2.24) is 4.98 Å². The summed E-state index contributed by atoms with van der Waals surface area (Å²) in [6, 6.07) is 11.2. The molecule has 2 amide bonds. The molecule has 0 radical (unpaired) electrons. The van der Waals surface area contributed by atoms with E-state index >= 15 is 0 Å². The van der Waals surface area contributed by atoms with Gasteiger partial charge in [-0.15, -0.1) is 11.3 Å². The van der Waals surface area contributed by atoms with Gasteiger partial charge in [-0.1, -0.05) is 24.1 Å². The first-order valence-corrected chi connectivity index (χ1v) is 10.7. The van der Waals surface area contributed by atoms with E-state index in [0.29, 0.717) is 16.1 Å². The van der Waals surface area contributed by atoms with Crippen LogP contribution in [0.15, 0.2) is 48.8 Å². The van der Waals surface area contributed by atoms with E-state index < -0.39 is 0 Å². The van der Waals surface area contributed by atoms with Crippen LogP contribution in [0.3, 0.4) is 0 Å². The minimum absolute atomic E-state index is 0.172. The maximum atomic E-state index is 13.2. The fourth-order valence-electron chi connectivity index (χ4n) is 3.57. The topological polar surface area (TPSA) is 71.1 Å². The number of rotatable bonds is 4. The summed E-state index contributed by atoms with van der Waals surface area (Å²) >= 11 is 1.53. The Hall–Kier alpha value is -2.99. The first kappa shape index (κ1) is 19.3. The number of nitrogens with one attached hydrogen (secondary N) is 2. The fraction of sp³-hybridized carbons (Fsp3) is 0.261. The van der Waals surface area contributed by atoms with Gasteiger partial charge in [-0.25, -0.2) is 0 Å². The smallest absolute Gasteiger partial charge is 0.258 e. The lowest BCUT2D eigenvalue weighted by Crippen LogP contribution is -2.18. The second-order valence-corrected chi connectivity index (χ2v) is 8.39. The number of anilines is 2. The number of aromatic nitrogens is 1. The van der Waals surface area contributed by atoms with Crippen LogP contribution in [0.5, 0.6) is 0 Å². The standard InChI is InChI=1S/C23H23N3O2S/c1-15-9-11-17(12-10-15)25-22(28)20-18-7-3-2-4-8-19(18)29-23(20)26-21(27)16-6-5-13-24-14-16/h5-6,9-14H,2-4,7-8H2,1H3,(H,25,28)(H,26,27). The van der Waals surface area contributed by atoms with Gasteiger partial charge in [-0.2, -0.15) is 0 Å². The average molecular weight is 406 g/mol. The van der Waals surface area contributed by atoms with Gasteiger partial charge in [0.1, 0.15) is 5.00 Å². The van der Waals surface area contributed by atoms with Crippen LogP contribution >= 0.6 is 11.3 Å².